The van der Waals surface area contributed by atoms with E-state index in [1.54, 1.807) is 6.20 Å². The first-order valence-corrected chi connectivity index (χ1v) is 11.0. The number of hydrogen-bond donors (Lipinski definition) is 0. The van der Waals surface area contributed by atoms with E-state index in [2.05, 4.69) is 31.6 Å². The minimum atomic E-state index is 0.0191. The molecule has 160 valence electrons. The van der Waals surface area contributed by atoms with Gasteiger partial charge in [-0.15, -0.1) is 0 Å². The minimum absolute atomic E-state index is 0.0191. The van der Waals surface area contributed by atoms with Crippen molar-refractivity contribution in [1.29, 1.82) is 0 Å². The van der Waals surface area contributed by atoms with Gasteiger partial charge in [-0.3, -0.25) is 4.79 Å². The van der Waals surface area contributed by atoms with Gasteiger partial charge in [-0.1, -0.05) is 18.5 Å². The van der Waals surface area contributed by atoms with Crippen molar-refractivity contribution in [3.05, 3.63) is 46.7 Å². The van der Waals surface area contributed by atoms with Crippen molar-refractivity contribution in [2.45, 2.75) is 13.8 Å². The Morgan fingerprint density at radius 2 is 1.60 bits per heavy atom. The molecule has 0 bridgehead atoms. The molecule has 1 amide bonds. The Kier molecular flexibility index (Phi) is 6.39. The Labute approximate surface area is 183 Å². The summed E-state index contributed by atoms with van der Waals surface area (Å²) in [7, 11) is 0. The lowest BCUT2D eigenvalue weighted by Crippen LogP contribution is -2.49. The number of aromatic nitrogens is 2. The molecule has 3 heterocycles. The van der Waals surface area contributed by atoms with Gasteiger partial charge in [0.05, 0.1) is 11.3 Å². The lowest BCUT2D eigenvalue weighted by Gasteiger charge is -2.36. The normalized spacial score (nSPS) is 18.0. The van der Waals surface area contributed by atoms with E-state index in [0.717, 1.165) is 68.2 Å². The van der Waals surface area contributed by atoms with Crippen LogP contribution in [0.3, 0.4) is 0 Å². The number of aryl methyl sites for hydroxylation is 1. The van der Waals surface area contributed by atoms with E-state index in [1.807, 2.05) is 36.1 Å². The molecule has 0 N–H and O–H groups in total. The zero-order valence-electron chi connectivity index (χ0n) is 17.7. The number of benzene rings is 1. The third-order valence-corrected chi connectivity index (χ3v) is 6.31. The van der Waals surface area contributed by atoms with Crippen LogP contribution in [0.25, 0.3) is 0 Å². The zero-order chi connectivity index (χ0) is 21.1. The Bertz CT molecular complexity index is 874. The van der Waals surface area contributed by atoms with Gasteiger partial charge in [-0.05, 0) is 37.7 Å². The molecule has 7 nitrogen and oxygen atoms in total. The first-order valence-electron chi connectivity index (χ1n) is 10.7. The number of carbonyl (C=O) groups is 1. The lowest BCUT2D eigenvalue weighted by molar-refractivity contribution is 0.0745. The second-order valence-corrected chi connectivity index (χ2v) is 8.28. The molecule has 1 aromatic carbocycles. The molecule has 0 atom stereocenters. The van der Waals surface area contributed by atoms with Crippen LogP contribution >= 0.6 is 11.6 Å². The predicted octanol–water partition coefficient (Wildman–Crippen LogP) is 2.54. The number of likely N-dealkylation sites (N-methyl/N-ethyl adjacent to an activating group) is 1. The Hall–Kier alpha value is -2.38. The fourth-order valence-electron chi connectivity index (χ4n) is 4.07. The van der Waals surface area contributed by atoms with Crippen LogP contribution in [0, 0.1) is 6.92 Å². The SMILES string of the molecule is CCN1CCN(c2ncc(C(=O)N3CCN(c4ccc(Cl)cc4)CC3)c(C)n2)CC1. The number of piperazine rings is 2. The number of halogens is 1. The monoisotopic (exact) mass is 428 g/mol. The minimum Gasteiger partial charge on any atom is -0.368 e. The number of anilines is 2. The van der Waals surface area contributed by atoms with Crippen molar-refractivity contribution in [2.75, 3.05) is 68.7 Å². The number of nitrogens with zero attached hydrogens (tertiary/aromatic N) is 6. The smallest absolute Gasteiger partial charge is 0.257 e. The van der Waals surface area contributed by atoms with E-state index >= 15 is 0 Å². The average molecular weight is 429 g/mol. The molecule has 1 aromatic heterocycles. The highest BCUT2D eigenvalue weighted by Gasteiger charge is 2.25. The molecule has 2 aromatic rings. The first-order chi connectivity index (χ1) is 14.5. The summed E-state index contributed by atoms with van der Waals surface area (Å²) in [5.41, 5.74) is 2.49. The van der Waals surface area contributed by atoms with E-state index in [0.29, 0.717) is 18.7 Å². The molecule has 4 rings (SSSR count). The van der Waals surface area contributed by atoms with Crippen molar-refractivity contribution in [2.24, 2.45) is 0 Å². The van der Waals surface area contributed by atoms with Crippen molar-refractivity contribution >= 4 is 29.1 Å². The Morgan fingerprint density at radius 3 is 2.20 bits per heavy atom. The van der Waals surface area contributed by atoms with E-state index in [4.69, 9.17) is 11.6 Å². The molecule has 0 radical (unpaired) electrons. The summed E-state index contributed by atoms with van der Waals surface area (Å²) in [6.07, 6.45) is 1.71. The Balaban J connectivity index is 1.37. The van der Waals surface area contributed by atoms with E-state index < -0.39 is 0 Å². The van der Waals surface area contributed by atoms with Gasteiger partial charge in [0.25, 0.3) is 5.91 Å². The van der Waals surface area contributed by atoms with Crippen molar-refractivity contribution in [3.63, 3.8) is 0 Å². The second kappa shape index (κ2) is 9.18. The van der Waals surface area contributed by atoms with Gasteiger partial charge in [0.15, 0.2) is 0 Å². The van der Waals surface area contributed by atoms with E-state index in [-0.39, 0.29) is 5.91 Å². The molecule has 2 saturated heterocycles. The van der Waals surface area contributed by atoms with Crippen LogP contribution in [-0.4, -0.2) is 84.6 Å². The maximum atomic E-state index is 13.1. The topological polar surface area (TPSA) is 55.8 Å². The van der Waals surface area contributed by atoms with Crippen LogP contribution < -0.4 is 9.80 Å². The molecule has 0 aliphatic carbocycles. The molecule has 2 fully saturated rings. The van der Waals surface area contributed by atoms with E-state index in [9.17, 15) is 4.79 Å². The van der Waals surface area contributed by atoms with Crippen molar-refractivity contribution in [3.8, 4) is 0 Å². The lowest BCUT2D eigenvalue weighted by atomic mass is 10.2. The zero-order valence-corrected chi connectivity index (χ0v) is 18.5. The molecule has 0 spiro atoms. The first kappa shape index (κ1) is 20.9. The summed E-state index contributed by atoms with van der Waals surface area (Å²) in [4.78, 5) is 31.1. The predicted molar refractivity (Wildman–Crippen MR) is 121 cm³/mol. The molecule has 0 saturated carbocycles. The summed E-state index contributed by atoms with van der Waals surface area (Å²) < 4.78 is 0. The number of amides is 1. The molecular formula is C22H29ClN6O. The maximum absolute atomic E-state index is 13.1. The molecule has 2 aliphatic heterocycles. The molecule has 30 heavy (non-hydrogen) atoms. The van der Waals surface area contributed by atoms with Gasteiger partial charge in [0.2, 0.25) is 5.95 Å². The Morgan fingerprint density at radius 1 is 0.967 bits per heavy atom. The summed E-state index contributed by atoms with van der Waals surface area (Å²) in [6, 6.07) is 7.85. The van der Waals surface area contributed by atoms with Crippen molar-refractivity contribution in [1.82, 2.24) is 19.8 Å². The van der Waals surface area contributed by atoms with Crippen LogP contribution in [-0.2, 0) is 0 Å². The fraction of sp³-hybridized carbons (Fsp3) is 0.500. The van der Waals surface area contributed by atoms with Crippen LogP contribution in [0.2, 0.25) is 5.02 Å². The van der Waals surface area contributed by atoms with Gasteiger partial charge in [-0.2, -0.15) is 0 Å². The molecule has 0 unspecified atom stereocenters. The van der Waals surface area contributed by atoms with Crippen molar-refractivity contribution < 1.29 is 4.79 Å². The number of hydrogen-bond acceptors (Lipinski definition) is 6. The molecule has 8 heteroatoms. The van der Waals surface area contributed by atoms with Crippen LogP contribution in [0.5, 0.6) is 0 Å². The standard InChI is InChI=1S/C22H29ClN6O/c1-3-26-8-10-29(11-9-26)22-24-16-20(17(2)25-22)21(30)28-14-12-27(13-15-28)19-6-4-18(23)5-7-19/h4-7,16H,3,8-15H2,1-2H3. The van der Waals surface area contributed by atoms with Crippen LogP contribution in [0.4, 0.5) is 11.6 Å². The van der Waals surface area contributed by atoms with Gasteiger partial charge < -0.3 is 19.6 Å². The fourth-order valence-corrected chi connectivity index (χ4v) is 4.20. The quantitative estimate of drug-likeness (QED) is 0.746. The summed E-state index contributed by atoms with van der Waals surface area (Å²) in [5.74, 6) is 0.748. The molecule has 2 aliphatic rings. The largest absolute Gasteiger partial charge is 0.368 e. The summed E-state index contributed by atoms with van der Waals surface area (Å²) >= 11 is 5.98. The summed E-state index contributed by atoms with van der Waals surface area (Å²) in [6.45, 7) is 12.0. The summed E-state index contributed by atoms with van der Waals surface area (Å²) in [5, 5.41) is 0.735. The second-order valence-electron chi connectivity index (χ2n) is 7.85. The van der Waals surface area contributed by atoms with Crippen LogP contribution in [0.15, 0.2) is 30.5 Å². The van der Waals surface area contributed by atoms with Gasteiger partial charge in [0.1, 0.15) is 0 Å². The van der Waals surface area contributed by atoms with E-state index in [1.165, 1.54) is 0 Å². The molecular weight excluding hydrogens is 400 g/mol. The van der Waals surface area contributed by atoms with Gasteiger partial charge in [-0.25, -0.2) is 9.97 Å². The van der Waals surface area contributed by atoms with Gasteiger partial charge >= 0.3 is 0 Å². The van der Waals surface area contributed by atoms with Crippen LogP contribution in [0.1, 0.15) is 23.0 Å². The maximum Gasteiger partial charge on any atom is 0.257 e. The number of carbonyl (C=O) groups excluding carboxylic acids is 1. The number of rotatable bonds is 4. The highest BCUT2D eigenvalue weighted by molar-refractivity contribution is 6.30. The third kappa shape index (κ3) is 4.52. The highest BCUT2D eigenvalue weighted by atomic mass is 35.5. The average Bonchev–Trinajstić information content (AvgIpc) is 2.79. The van der Waals surface area contributed by atoms with Gasteiger partial charge in [0, 0.05) is 69.3 Å². The third-order valence-electron chi connectivity index (χ3n) is 6.06. The highest BCUT2D eigenvalue weighted by Crippen LogP contribution is 2.21.